The summed E-state index contributed by atoms with van der Waals surface area (Å²) in [7, 11) is 0. The zero-order chi connectivity index (χ0) is 9.82. The predicted octanol–water partition coefficient (Wildman–Crippen LogP) is 1.60. The average molecular weight is 165 g/mol. The third-order valence-corrected chi connectivity index (χ3v) is 0.601. The first-order valence-electron chi connectivity index (χ1n) is 3.13. The highest BCUT2D eigenvalue weighted by Crippen LogP contribution is 1.77. The van der Waals surface area contributed by atoms with Crippen molar-refractivity contribution in [3.05, 3.63) is 38.0 Å². The van der Waals surface area contributed by atoms with Gasteiger partial charge in [0.2, 0.25) is 0 Å². The average Bonchev–Trinajstić information content (AvgIpc) is 2.14. The van der Waals surface area contributed by atoms with E-state index in [9.17, 15) is 4.79 Å². The Bertz CT molecular complexity index is 201. The second-order valence-electron chi connectivity index (χ2n) is 1.46. The number of ether oxygens (including phenoxy) is 1. The molecule has 3 nitrogen and oxygen atoms in total. The number of nitrogens with zero attached hydrogens (tertiary/aromatic N) is 1. The molecule has 0 rings (SSSR count). The largest absolute Gasteiger partial charge is 0.458 e. The number of esters is 1. The van der Waals surface area contributed by atoms with Crippen LogP contribution in [0.4, 0.5) is 0 Å². The van der Waals surface area contributed by atoms with E-state index in [0.29, 0.717) is 0 Å². The SMILES string of the molecule is C=CC#N.C=CCOC(=O)C=C. The molecule has 0 aromatic heterocycles. The summed E-state index contributed by atoms with van der Waals surface area (Å²) < 4.78 is 4.47. The molecule has 0 aliphatic carbocycles. The number of allylic oxidation sites excluding steroid dienone is 1. The van der Waals surface area contributed by atoms with E-state index in [4.69, 9.17) is 5.26 Å². The van der Waals surface area contributed by atoms with E-state index in [1.54, 1.807) is 6.07 Å². The standard InChI is InChI=1S/C6H8O2.C3H3N/c1-3-5-8-6(7)4-2;1-2-3-4/h3-4H,1-2,5H2;2H,1H2. The first kappa shape index (κ1) is 12.8. The van der Waals surface area contributed by atoms with Crippen LogP contribution in [0.5, 0.6) is 0 Å². The summed E-state index contributed by atoms with van der Waals surface area (Å²) in [6.07, 6.45) is 3.80. The van der Waals surface area contributed by atoms with Gasteiger partial charge in [-0.3, -0.25) is 0 Å². The molecule has 64 valence electrons. The summed E-state index contributed by atoms with van der Waals surface area (Å²) in [5.74, 6) is -0.412. The van der Waals surface area contributed by atoms with Crippen LogP contribution in [-0.2, 0) is 9.53 Å². The highest BCUT2D eigenvalue weighted by molar-refractivity contribution is 5.81. The Morgan fingerprint density at radius 1 is 1.50 bits per heavy atom. The Balaban J connectivity index is 0. The smallest absolute Gasteiger partial charge is 0.330 e. The van der Waals surface area contributed by atoms with Gasteiger partial charge in [0.25, 0.3) is 0 Å². The van der Waals surface area contributed by atoms with Crippen LogP contribution in [-0.4, -0.2) is 12.6 Å². The fraction of sp³-hybridized carbons (Fsp3) is 0.111. The topological polar surface area (TPSA) is 50.1 Å². The maximum atomic E-state index is 10.2. The molecule has 0 aliphatic rings. The van der Waals surface area contributed by atoms with E-state index in [1.165, 1.54) is 12.2 Å². The van der Waals surface area contributed by atoms with Crippen LogP contribution in [0.15, 0.2) is 38.0 Å². The lowest BCUT2D eigenvalue weighted by molar-refractivity contribution is -0.136. The molecule has 0 saturated carbocycles. The third-order valence-electron chi connectivity index (χ3n) is 0.601. The second-order valence-corrected chi connectivity index (χ2v) is 1.46. The number of nitriles is 1. The van der Waals surface area contributed by atoms with Crippen molar-refractivity contribution in [2.45, 2.75) is 0 Å². The lowest BCUT2D eigenvalue weighted by Crippen LogP contribution is -1.98. The number of rotatable bonds is 3. The summed E-state index contributed by atoms with van der Waals surface area (Å²) in [5.41, 5.74) is 0. The molecule has 0 aromatic carbocycles. The van der Waals surface area contributed by atoms with Crippen molar-refractivity contribution in [2.75, 3.05) is 6.61 Å². The fourth-order valence-corrected chi connectivity index (χ4v) is 0.200. The van der Waals surface area contributed by atoms with Gasteiger partial charge in [0.05, 0.1) is 6.07 Å². The molecule has 12 heavy (non-hydrogen) atoms. The zero-order valence-corrected chi connectivity index (χ0v) is 6.82. The van der Waals surface area contributed by atoms with E-state index in [1.807, 2.05) is 0 Å². The van der Waals surface area contributed by atoms with E-state index in [2.05, 4.69) is 24.5 Å². The molecule has 0 heterocycles. The summed E-state index contributed by atoms with van der Waals surface area (Å²) in [4.78, 5) is 10.2. The molecule has 3 heteroatoms. The molecular formula is C9H11NO2. The van der Waals surface area contributed by atoms with Gasteiger partial charge in [-0.25, -0.2) is 4.79 Å². The van der Waals surface area contributed by atoms with Crippen LogP contribution in [0.25, 0.3) is 0 Å². The van der Waals surface area contributed by atoms with Crippen LogP contribution in [0.2, 0.25) is 0 Å². The number of carbonyl (C=O) groups is 1. The Hall–Kier alpha value is -1.82. The van der Waals surface area contributed by atoms with Crippen molar-refractivity contribution >= 4 is 5.97 Å². The number of carbonyl (C=O) groups excluding carboxylic acids is 1. The quantitative estimate of drug-likeness (QED) is 0.276. The summed E-state index contributed by atoms with van der Waals surface area (Å²) in [6, 6.07) is 1.69. The van der Waals surface area contributed by atoms with Gasteiger partial charge in [0.1, 0.15) is 6.61 Å². The van der Waals surface area contributed by atoms with Crippen molar-refractivity contribution in [3.8, 4) is 6.07 Å². The van der Waals surface area contributed by atoms with Crippen LogP contribution < -0.4 is 0 Å². The van der Waals surface area contributed by atoms with Crippen molar-refractivity contribution in [2.24, 2.45) is 0 Å². The normalized spacial score (nSPS) is 6.25. The van der Waals surface area contributed by atoms with Crippen molar-refractivity contribution in [1.82, 2.24) is 0 Å². The van der Waals surface area contributed by atoms with Crippen LogP contribution in [0.3, 0.4) is 0 Å². The molecule has 0 aliphatic heterocycles. The molecule has 0 atom stereocenters. The highest BCUT2D eigenvalue weighted by atomic mass is 16.5. The fourth-order valence-electron chi connectivity index (χ4n) is 0.200. The minimum Gasteiger partial charge on any atom is -0.458 e. The van der Waals surface area contributed by atoms with Gasteiger partial charge < -0.3 is 4.74 Å². The van der Waals surface area contributed by atoms with Crippen molar-refractivity contribution < 1.29 is 9.53 Å². The van der Waals surface area contributed by atoms with Gasteiger partial charge in [0, 0.05) is 12.2 Å². The van der Waals surface area contributed by atoms with Crippen molar-refractivity contribution in [3.63, 3.8) is 0 Å². The molecule has 0 unspecified atom stereocenters. The molecule has 0 amide bonds. The van der Waals surface area contributed by atoms with E-state index >= 15 is 0 Å². The summed E-state index contributed by atoms with van der Waals surface area (Å²) >= 11 is 0. The first-order chi connectivity index (χ1) is 5.72. The number of hydrogen-bond acceptors (Lipinski definition) is 3. The second kappa shape index (κ2) is 11.9. The van der Waals surface area contributed by atoms with Gasteiger partial charge in [-0.2, -0.15) is 5.26 Å². The summed E-state index contributed by atoms with van der Waals surface area (Å²) in [6.45, 7) is 9.93. The zero-order valence-electron chi connectivity index (χ0n) is 6.82. The van der Waals surface area contributed by atoms with E-state index in [-0.39, 0.29) is 6.61 Å². The monoisotopic (exact) mass is 165 g/mol. The Kier molecular flexibility index (Phi) is 12.7. The molecule has 0 aromatic rings. The van der Waals surface area contributed by atoms with Crippen LogP contribution >= 0.6 is 0 Å². The Labute approximate surface area is 72.3 Å². The van der Waals surface area contributed by atoms with Crippen LogP contribution in [0, 0.1) is 11.3 Å². The lowest BCUT2D eigenvalue weighted by Gasteiger charge is -1.92. The Morgan fingerprint density at radius 2 is 2.00 bits per heavy atom. The maximum absolute atomic E-state index is 10.2. The predicted molar refractivity (Wildman–Crippen MR) is 47.2 cm³/mol. The molecule has 0 saturated heterocycles. The molecule has 0 N–H and O–H groups in total. The molecule has 0 bridgehead atoms. The minimum atomic E-state index is -0.412. The third kappa shape index (κ3) is 15.7. The first-order valence-corrected chi connectivity index (χ1v) is 3.13. The van der Waals surface area contributed by atoms with Gasteiger partial charge in [-0.1, -0.05) is 25.8 Å². The molecular weight excluding hydrogens is 154 g/mol. The highest BCUT2D eigenvalue weighted by Gasteiger charge is 1.87. The van der Waals surface area contributed by atoms with Gasteiger partial charge in [-0.15, -0.1) is 0 Å². The van der Waals surface area contributed by atoms with E-state index < -0.39 is 5.97 Å². The van der Waals surface area contributed by atoms with Gasteiger partial charge >= 0.3 is 5.97 Å². The van der Waals surface area contributed by atoms with Gasteiger partial charge in [0.15, 0.2) is 0 Å². The Morgan fingerprint density at radius 3 is 2.25 bits per heavy atom. The van der Waals surface area contributed by atoms with Gasteiger partial charge in [-0.05, 0) is 0 Å². The molecule has 0 fully saturated rings. The summed E-state index contributed by atoms with van der Waals surface area (Å²) in [5, 5.41) is 7.51. The van der Waals surface area contributed by atoms with Crippen LogP contribution in [0.1, 0.15) is 0 Å². The van der Waals surface area contributed by atoms with Crippen molar-refractivity contribution in [1.29, 1.82) is 5.26 Å². The number of hydrogen-bond donors (Lipinski definition) is 0. The minimum absolute atomic E-state index is 0.255. The van der Waals surface area contributed by atoms with E-state index in [0.717, 1.165) is 6.08 Å². The molecule has 0 spiro atoms. The lowest BCUT2D eigenvalue weighted by atomic mass is 10.6. The maximum Gasteiger partial charge on any atom is 0.330 e. The molecule has 0 radical (unpaired) electrons.